The van der Waals surface area contributed by atoms with Gasteiger partial charge in [-0.05, 0) is 18.2 Å². The van der Waals surface area contributed by atoms with Gasteiger partial charge in [-0.15, -0.1) is 0 Å². The number of non-ortho nitro benzene ring substituents is 1. The van der Waals surface area contributed by atoms with Crippen molar-refractivity contribution in [2.75, 3.05) is 0 Å². The fraction of sp³-hybridized carbons (Fsp3) is 0.0588. The lowest BCUT2D eigenvalue weighted by Gasteiger charge is -2.13. The number of pyridine rings is 1. The van der Waals surface area contributed by atoms with Gasteiger partial charge in [0.25, 0.3) is 23.1 Å². The molecule has 2 aromatic heterocycles. The number of benzene rings is 1. The predicted molar refractivity (Wildman–Crippen MR) is 93.8 cm³/mol. The fourth-order valence-corrected chi connectivity index (χ4v) is 3.07. The van der Waals surface area contributed by atoms with E-state index in [1.54, 1.807) is 12.1 Å². The second-order valence-electron chi connectivity index (χ2n) is 5.84. The molecule has 4 rings (SSSR count). The van der Waals surface area contributed by atoms with Crippen LogP contribution >= 0.6 is 11.6 Å². The van der Waals surface area contributed by atoms with Crippen LogP contribution in [0.4, 0.5) is 5.69 Å². The van der Waals surface area contributed by atoms with E-state index in [0.717, 1.165) is 17.0 Å². The zero-order chi connectivity index (χ0) is 19.3. The summed E-state index contributed by atoms with van der Waals surface area (Å²) in [7, 11) is 0. The molecule has 0 spiro atoms. The minimum atomic E-state index is -0.670. The zero-order valence-corrected chi connectivity index (χ0v) is 14.2. The minimum Gasteiger partial charge on any atom is -0.269 e. The lowest BCUT2D eigenvalue weighted by molar-refractivity contribution is -0.384. The predicted octanol–water partition coefficient (Wildman–Crippen LogP) is 2.05. The molecule has 0 radical (unpaired) electrons. The van der Waals surface area contributed by atoms with Gasteiger partial charge in [0.1, 0.15) is 5.65 Å². The highest BCUT2D eigenvalue weighted by Crippen LogP contribution is 2.27. The van der Waals surface area contributed by atoms with Crippen LogP contribution in [0.15, 0.2) is 47.4 Å². The maximum absolute atomic E-state index is 12.5. The van der Waals surface area contributed by atoms with Crippen molar-refractivity contribution in [2.45, 2.75) is 6.54 Å². The molecule has 0 aliphatic carbocycles. The Labute approximate surface area is 155 Å². The van der Waals surface area contributed by atoms with E-state index < -0.39 is 22.3 Å². The Morgan fingerprint density at radius 2 is 1.78 bits per heavy atom. The number of hydrogen-bond acceptors (Lipinski definition) is 6. The van der Waals surface area contributed by atoms with Gasteiger partial charge in [0.05, 0.1) is 33.3 Å². The minimum absolute atomic E-state index is 0.0431. The van der Waals surface area contributed by atoms with E-state index in [9.17, 15) is 24.5 Å². The molecule has 27 heavy (non-hydrogen) atoms. The first kappa shape index (κ1) is 16.9. The van der Waals surface area contributed by atoms with Gasteiger partial charge in [0, 0.05) is 24.4 Å². The molecule has 134 valence electrons. The van der Waals surface area contributed by atoms with Gasteiger partial charge in [-0.3, -0.25) is 33.8 Å². The van der Waals surface area contributed by atoms with Gasteiger partial charge in [-0.25, -0.2) is 4.98 Å². The third-order valence-corrected chi connectivity index (χ3v) is 4.39. The van der Waals surface area contributed by atoms with Crippen LogP contribution in [0.5, 0.6) is 0 Å². The van der Waals surface area contributed by atoms with E-state index in [0.29, 0.717) is 10.7 Å². The second kappa shape index (κ2) is 5.99. The molecule has 9 nitrogen and oxygen atoms in total. The maximum atomic E-state index is 12.5. The number of amides is 2. The van der Waals surface area contributed by atoms with Crippen molar-refractivity contribution in [3.63, 3.8) is 0 Å². The number of nitro benzene ring substituents is 1. The number of carbonyl (C=O) groups is 2. The van der Waals surface area contributed by atoms with Gasteiger partial charge in [-0.1, -0.05) is 11.6 Å². The van der Waals surface area contributed by atoms with Crippen LogP contribution in [0.2, 0.25) is 5.02 Å². The Bertz CT molecular complexity index is 1220. The standard InChI is InChI=1S/C17H9ClN4O5/c18-9-1-4-14-19-10(5-15(23)20(14)7-9)8-21-16(24)12-3-2-11(22(26)27)6-13(12)17(21)25/h1-7H,8H2. The van der Waals surface area contributed by atoms with E-state index in [1.165, 1.54) is 22.7 Å². The average molecular weight is 385 g/mol. The molecule has 0 N–H and O–H groups in total. The Morgan fingerprint density at radius 3 is 2.52 bits per heavy atom. The highest BCUT2D eigenvalue weighted by Gasteiger charge is 2.37. The molecule has 1 aliphatic rings. The summed E-state index contributed by atoms with van der Waals surface area (Å²) in [5, 5.41) is 11.2. The highest BCUT2D eigenvalue weighted by atomic mass is 35.5. The zero-order valence-electron chi connectivity index (χ0n) is 13.5. The molecule has 0 bridgehead atoms. The summed E-state index contributed by atoms with van der Waals surface area (Å²) < 4.78 is 1.25. The Hall–Kier alpha value is -3.59. The van der Waals surface area contributed by atoms with E-state index in [4.69, 9.17) is 11.6 Å². The molecular formula is C17H9ClN4O5. The van der Waals surface area contributed by atoms with Crippen molar-refractivity contribution < 1.29 is 14.5 Å². The van der Waals surface area contributed by atoms with Crippen molar-refractivity contribution in [3.05, 3.63) is 84.9 Å². The van der Waals surface area contributed by atoms with E-state index >= 15 is 0 Å². The number of hydrogen-bond donors (Lipinski definition) is 0. The van der Waals surface area contributed by atoms with Crippen LogP contribution in [0.3, 0.4) is 0 Å². The number of fused-ring (bicyclic) bond motifs is 2. The smallest absolute Gasteiger partial charge is 0.269 e. The van der Waals surface area contributed by atoms with E-state index in [2.05, 4.69) is 4.98 Å². The third-order valence-electron chi connectivity index (χ3n) is 4.16. The first-order valence-electron chi connectivity index (χ1n) is 7.67. The number of imide groups is 1. The van der Waals surface area contributed by atoms with Crippen molar-refractivity contribution in [3.8, 4) is 0 Å². The average Bonchev–Trinajstić information content (AvgIpc) is 2.87. The van der Waals surface area contributed by atoms with Gasteiger partial charge in [-0.2, -0.15) is 0 Å². The Morgan fingerprint density at radius 1 is 1.04 bits per heavy atom. The summed E-state index contributed by atoms with van der Waals surface area (Å²) in [5.74, 6) is -1.26. The first-order valence-corrected chi connectivity index (χ1v) is 8.05. The number of nitro groups is 1. The number of carbonyl (C=O) groups excluding carboxylic acids is 2. The lowest BCUT2D eigenvalue weighted by Crippen LogP contribution is -2.30. The van der Waals surface area contributed by atoms with Gasteiger partial charge < -0.3 is 0 Å². The number of aromatic nitrogens is 2. The molecule has 2 amide bonds. The molecule has 0 atom stereocenters. The molecule has 1 aromatic carbocycles. The van der Waals surface area contributed by atoms with Crippen molar-refractivity contribution in [1.29, 1.82) is 0 Å². The van der Waals surface area contributed by atoms with Gasteiger partial charge in [0.15, 0.2) is 0 Å². The quantitative estimate of drug-likeness (QED) is 0.388. The number of halogens is 1. The summed E-state index contributed by atoms with van der Waals surface area (Å²) >= 11 is 5.86. The summed E-state index contributed by atoms with van der Waals surface area (Å²) in [6, 6.07) is 7.79. The van der Waals surface area contributed by atoms with E-state index in [-0.39, 0.29) is 29.1 Å². The normalized spacial score (nSPS) is 13.3. The number of rotatable bonds is 3. The molecule has 10 heteroatoms. The Balaban J connectivity index is 1.71. The molecule has 3 aromatic rings. The SMILES string of the molecule is O=C1c2ccc([N+](=O)[O-])cc2C(=O)N1Cc1cc(=O)n2cc(Cl)ccc2n1. The summed E-state index contributed by atoms with van der Waals surface area (Å²) in [5.41, 5.74) is -0.130. The van der Waals surface area contributed by atoms with Crippen LogP contribution in [0.1, 0.15) is 26.4 Å². The maximum Gasteiger partial charge on any atom is 0.270 e. The summed E-state index contributed by atoms with van der Waals surface area (Å²) in [6.45, 7) is -0.228. The third kappa shape index (κ3) is 2.74. The molecule has 0 saturated carbocycles. The second-order valence-corrected chi connectivity index (χ2v) is 6.28. The molecular weight excluding hydrogens is 376 g/mol. The summed E-state index contributed by atoms with van der Waals surface area (Å²) in [4.78, 5) is 52.7. The van der Waals surface area contributed by atoms with Crippen LogP contribution < -0.4 is 5.56 Å². The molecule has 3 heterocycles. The van der Waals surface area contributed by atoms with Gasteiger partial charge in [0.2, 0.25) is 0 Å². The largest absolute Gasteiger partial charge is 0.270 e. The monoisotopic (exact) mass is 384 g/mol. The van der Waals surface area contributed by atoms with E-state index in [1.807, 2.05) is 0 Å². The Kier molecular flexibility index (Phi) is 3.74. The van der Waals surface area contributed by atoms with Crippen molar-refractivity contribution in [2.24, 2.45) is 0 Å². The lowest BCUT2D eigenvalue weighted by atomic mass is 10.1. The first-order chi connectivity index (χ1) is 12.8. The molecule has 0 fully saturated rings. The number of nitrogens with zero attached hydrogens (tertiary/aromatic N) is 4. The highest BCUT2D eigenvalue weighted by molar-refractivity contribution is 6.30. The fourth-order valence-electron chi connectivity index (χ4n) is 2.90. The topological polar surface area (TPSA) is 115 Å². The van der Waals surface area contributed by atoms with Gasteiger partial charge >= 0.3 is 0 Å². The van der Waals surface area contributed by atoms with Crippen molar-refractivity contribution >= 4 is 34.7 Å². The van der Waals surface area contributed by atoms with Crippen LogP contribution in [-0.4, -0.2) is 31.0 Å². The van der Waals surface area contributed by atoms with Crippen LogP contribution in [-0.2, 0) is 6.54 Å². The molecule has 0 unspecified atom stereocenters. The molecule has 1 aliphatic heterocycles. The summed E-state index contributed by atoms with van der Waals surface area (Å²) in [6.07, 6.45) is 1.41. The van der Waals surface area contributed by atoms with Crippen LogP contribution in [0, 0.1) is 10.1 Å². The molecule has 0 saturated heterocycles. The van der Waals surface area contributed by atoms with Crippen molar-refractivity contribution in [1.82, 2.24) is 14.3 Å². The van der Waals surface area contributed by atoms with Crippen LogP contribution in [0.25, 0.3) is 5.65 Å².